The maximum atomic E-state index is 8.75. The number of fused-ring (bicyclic) bond motifs is 1. The second-order valence-electron chi connectivity index (χ2n) is 4.28. The maximum Gasteiger partial charge on any atom is 0.156 e. The van der Waals surface area contributed by atoms with Crippen molar-refractivity contribution in [1.82, 2.24) is 9.55 Å². The first-order chi connectivity index (χ1) is 9.38. The first kappa shape index (κ1) is 11.5. The van der Waals surface area contributed by atoms with E-state index in [0.29, 0.717) is 12.4 Å². The number of oxime groups is 1. The molecule has 0 amide bonds. The topological polar surface area (TPSA) is 50.4 Å². The normalized spacial score (nSPS) is 11.4. The van der Waals surface area contributed by atoms with E-state index in [0.717, 1.165) is 11.0 Å². The van der Waals surface area contributed by atoms with E-state index >= 15 is 0 Å². The van der Waals surface area contributed by atoms with Crippen LogP contribution in [-0.2, 0) is 6.54 Å². The quantitative estimate of drug-likeness (QED) is 0.442. The van der Waals surface area contributed by atoms with Crippen LogP contribution in [0.15, 0.2) is 59.8 Å². The summed E-state index contributed by atoms with van der Waals surface area (Å²) < 4.78 is 2.03. The second-order valence-corrected chi connectivity index (χ2v) is 4.28. The van der Waals surface area contributed by atoms with Gasteiger partial charge in [-0.05, 0) is 17.7 Å². The van der Waals surface area contributed by atoms with Gasteiger partial charge in [0.25, 0.3) is 0 Å². The standard InChI is InChI=1S/C15H13N3O/c19-16-10-15-17-13-8-4-5-9-14(13)18(15)11-12-6-2-1-3-7-12/h1-10,19H,11H2/b16-10+. The summed E-state index contributed by atoms with van der Waals surface area (Å²) in [6.07, 6.45) is 1.36. The van der Waals surface area contributed by atoms with Crippen molar-refractivity contribution in [3.63, 3.8) is 0 Å². The number of rotatable bonds is 3. The zero-order chi connectivity index (χ0) is 13.1. The van der Waals surface area contributed by atoms with Crippen molar-refractivity contribution >= 4 is 17.2 Å². The number of benzene rings is 2. The number of imidazole rings is 1. The van der Waals surface area contributed by atoms with Crippen LogP contribution in [0.3, 0.4) is 0 Å². The molecule has 0 unspecified atom stereocenters. The van der Waals surface area contributed by atoms with Crippen molar-refractivity contribution < 1.29 is 5.21 Å². The minimum Gasteiger partial charge on any atom is -0.411 e. The Labute approximate surface area is 110 Å². The molecular weight excluding hydrogens is 238 g/mol. The van der Waals surface area contributed by atoms with Gasteiger partial charge in [0, 0.05) is 6.54 Å². The maximum absolute atomic E-state index is 8.75. The van der Waals surface area contributed by atoms with Gasteiger partial charge in [0.2, 0.25) is 0 Å². The Bertz CT molecular complexity index is 717. The highest BCUT2D eigenvalue weighted by Crippen LogP contribution is 2.17. The second kappa shape index (κ2) is 4.94. The van der Waals surface area contributed by atoms with Crippen molar-refractivity contribution in [2.24, 2.45) is 5.16 Å². The van der Waals surface area contributed by atoms with E-state index in [1.807, 2.05) is 47.0 Å². The molecule has 3 rings (SSSR count). The molecule has 1 heterocycles. The summed E-state index contributed by atoms with van der Waals surface area (Å²) in [6.45, 7) is 0.697. The zero-order valence-corrected chi connectivity index (χ0v) is 10.3. The van der Waals surface area contributed by atoms with Crippen LogP contribution in [0.1, 0.15) is 11.4 Å². The molecular formula is C15H13N3O. The molecule has 0 aliphatic rings. The van der Waals surface area contributed by atoms with Crippen molar-refractivity contribution in [2.45, 2.75) is 6.54 Å². The molecule has 0 bridgehead atoms. The van der Waals surface area contributed by atoms with Crippen LogP contribution in [0.25, 0.3) is 11.0 Å². The lowest BCUT2D eigenvalue weighted by atomic mass is 10.2. The van der Waals surface area contributed by atoms with Crippen molar-refractivity contribution in [2.75, 3.05) is 0 Å². The molecule has 0 fully saturated rings. The molecule has 4 heteroatoms. The number of aromatic nitrogens is 2. The van der Waals surface area contributed by atoms with Crippen LogP contribution >= 0.6 is 0 Å². The van der Waals surface area contributed by atoms with Crippen molar-refractivity contribution in [3.8, 4) is 0 Å². The lowest BCUT2D eigenvalue weighted by Crippen LogP contribution is -2.04. The summed E-state index contributed by atoms with van der Waals surface area (Å²) >= 11 is 0. The molecule has 0 atom stereocenters. The highest BCUT2D eigenvalue weighted by atomic mass is 16.4. The predicted octanol–water partition coefficient (Wildman–Crippen LogP) is 2.89. The minimum absolute atomic E-state index is 0.646. The summed E-state index contributed by atoms with van der Waals surface area (Å²) in [6, 6.07) is 18.0. The fourth-order valence-electron chi connectivity index (χ4n) is 2.18. The molecule has 0 aliphatic heterocycles. The van der Waals surface area contributed by atoms with Crippen LogP contribution in [-0.4, -0.2) is 21.0 Å². The molecule has 0 radical (unpaired) electrons. The van der Waals surface area contributed by atoms with Gasteiger partial charge in [0.15, 0.2) is 5.82 Å². The van der Waals surface area contributed by atoms with Crippen molar-refractivity contribution in [3.05, 3.63) is 66.0 Å². The Morgan fingerprint density at radius 2 is 1.79 bits per heavy atom. The molecule has 19 heavy (non-hydrogen) atoms. The summed E-state index contributed by atoms with van der Waals surface area (Å²) in [5.41, 5.74) is 3.10. The zero-order valence-electron chi connectivity index (χ0n) is 10.3. The molecule has 4 nitrogen and oxygen atoms in total. The highest BCUT2D eigenvalue weighted by Gasteiger charge is 2.08. The SMILES string of the molecule is O/N=C/c1nc2ccccc2n1Cc1ccccc1. The Kier molecular flexibility index (Phi) is 2.98. The van der Waals surface area contributed by atoms with Crippen LogP contribution in [0.2, 0.25) is 0 Å². The fourth-order valence-corrected chi connectivity index (χ4v) is 2.18. The van der Waals surface area contributed by atoms with Crippen LogP contribution in [0.5, 0.6) is 0 Å². The third-order valence-corrected chi connectivity index (χ3v) is 3.04. The van der Waals surface area contributed by atoms with Crippen molar-refractivity contribution in [1.29, 1.82) is 0 Å². The van der Waals surface area contributed by atoms with Gasteiger partial charge in [-0.3, -0.25) is 0 Å². The van der Waals surface area contributed by atoms with Gasteiger partial charge in [-0.25, -0.2) is 4.98 Å². The molecule has 94 valence electrons. The van der Waals surface area contributed by atoms with E-state index in [1.165, 1.54) is 11.8 Å². The lowest BCUT2D eigenvalue weighted by molar-refractivity contribution is 0.321. The largest absolute Gasteiger partial charge is 0.411 e. The average Bonchev–Trinajstić information content (AvgIpc) is 2.79. The number of hydrogen-bond acceptors (Lipinski definition) is 3. The Morgan fingerprint density at radius 1 is 1.05 bits per heavy atom. The summed E-state index contributed by atoms with van der Waals surface area (Å²) in [5.74, 6) is 0.646. The van der Waals surface area contributed by atoms with Crippen LogP contribution in [0.4, 0.5) is 0 Å². The lowest BCUT2D eigenvalue weighted by Gasteiger charge is -2.06. The number of nitrogens with zero attached hydrogens (tertiary/aromatic N) is 3. The third kappa shape index (κ3) is 2.20. The summed E-state index contributed by atoms with van der Waals surface area (Å²) in [4.78, 5) is 4.45. The van der Waals surface area contributed by atoms with E-state index < -0.39 is 0 Å². The van der Waals surface area contributed by atoms with Gasteiger partial charge in [0.05, 0.1) is 11.0 Å². The molecule has 0 aliphatic carbocycles. The van der Waals surface area contributed by atoms with Gasteiger partial charge in [0.1, 0.15) is 6.21 Å². The molecule has 1 N–H and O–H groups in total. The molecule has 0 spiro atoms. The van der Waals surface area contributed by atoms with E-state index in [-0.39, 0.29) is 0 Å². The smallest absolute Gasteiger partial charge is 0.156 e. The molecule has 2 aromatic carbocycles. The molecule has 0 saturated carbocycles. The average molecular weight is 251 g/mol. The first-order valence-corrected chi connectivity index (χ1v) is 6.05. The van der Waals surface area contributed by atoms with E-state index in [2.05, 4.69) is 22.3 Å². The number of para-hydroxylation sites is 2. The first-order valence-electron chi connectivity index (χ1n) is 6.05. The van der Waals surface area contributed by atoms with Crippen LogP contribution in [0, 0.1) is 0 Å². The Hall–Kier alpha value is -2.62. The Morgan fingerprint density at radius 3 is 2.58 bits per heavy atom. The predicted molar refractivity (Wildman–Crippen MR) is 74.7 cm³/mol. The van der Waals surface area contributed by atoms with E-state index in [4.69, 9.17) is 5.21 Å². The third-order valence-electron chi connectivity index (χ3n) is 3.04. The summed E-state index contributed by atoms with van der Waals surface area (Å²) in [5, 5.41) is 11.8. The van der Waals surface area contributed by atoms with E-state index in [9.17, 15) is 0 Å². The fraction of sp³-hybridized carbons (Fsp3) is 0.0667. The molecule has 0 saturated heterocycles. The molecule has 3 aromatic rings. The van der Waals surface area contributed by atoms with E-state index in [1.54, 1.807) is 0 Å². The molecule has 1 aromatic heterocycles. The minimum atomic E-state index is 0.646. The highest BCUT2D eigenvalue weighted by molar-refractivity contribution is 5.84. The summed E-state index contributed by atoms with van der Waals surface area (Å²) in [7, 11) is 0. The van der Waals surface area contributed by atoms with Crippen LogP contribution < -0.4 is 0 Å². The van der Waals surface area contributed by atoms with Gasteiger partial charge < -0.3 is 9.77 Å². The Balaban J connectivity index is 2.12. The van der Waals surface area contributed by atoms with Gasteiger partial charge in [-0.1, -0.05) is 47.6 Å². The number of hydrogen-bond donors (Lipinski definition) is 1. The monoisotopic (exact) mass is 251 g/mol. The van der Waals surface area contributed by atoms with Gasteiger partial charge in [-0.2, -0.15) is 0 Å². The van der Waals surface area contributed by atoms with Gasteiger partial charge in [-0.15, -0.1) is 0 Å². The van der Waals surface area contributed by atoms with Gasteiger partial charge >= 0.3 is 0 Å².